The van der Waals surface area contributed by atoms with Crippen LogP contribution in [-0.4, -0.2) is 13.2 Å². The Morgan fingerprint density at radius 3 is 2.80 bits per heavy atom. The van der Waals surface area contributed by atoms with E-state index in [-0.39, 0.29) is 6.04 Å². The molecule has 0 aliphatic rings. The van der Waals surface area contributed by atoms with Crippen LogP contribution in [0.1, 0.15) is 24.9 Å². The first-order chi connectivity index (χ1) is 7.15. The zero-order chi connectivity index (χ0) is 11.3. The van der Waals surface area contributed by atoms with Crippen molar-refractivity contribution in [2.45, 2.75) is 19.4 Å². The van der Waals surface area contributed by atoms with Gasteiger partial charge >= 0.3 is 0 Å². The molecular formula is C11H15Cl2NO. The van der Waals surface area contributed by atoms with Crippen LogP contribution in [0.4, 0.5) is 0 Å². The Hall–Kier alpha value is -0.280. The average Bonchev–Trinajstić information content (AvgIpc) is 2.22. The molecule has 4 heteroatoms. The van der Waals surface area contributed by atoms with Crippen LogP contribution in [-0.2, 0) is 4.74 Å². The van der Waals surface area contributed by atoms with Crippen molar-refractivity contribution in [1.29, 1.82) is 0 Å². The van der Waals surface area contributed by atoms with Gasteiger partial charge in [-0.2, -0.15) is 0 Å². The molecule has 0 heterocycles. The highest BCUT2D eigenvalue weighted by molar-refractivity contribution is 6.33. The number of halogens is 2. The van der Waals surface area contributed by atoms with Crippen molar-refractivity contribution >= 4 is 23.2 Å². The van der Waals surface area contributed by atoms with Gasteiger partial charge in [0.1, 0.15) is 0 Å². The van der Waals surface area contributed by atoms with Crippen LogP contribution in [0.5, 0.6) is 0 Å². The van der Waals surface area contributed by atoms with Crippen LogP contribution >= 0.6 is 23.2 Å². The second kappa shape index (κ2) is 6.33. The lowest BCUT2D eigenvalue weighted by Crippen LogP contribution is -2.17. The number of hydrogen-bond donors (Lipinski definition) is 1. The molecule has 0 aliphatic carbocycles. The van der Waals surface area contributed by atoms with E-state index in [9.17, 15) is 0 Å². The highest BCUT2D eigenvalue weighted by atomic mass is 35.5. The zero-order valence-electron chi connectivity index (χ0n) is 8.67. The lowest BCUT2D eigenvalue weighted by Gasteiger charge is -2.14. The maximum absolute atomic E-state index is 6.01. The van der Waals surface area contributed by atoms with Crippen LogP contribution in [0, 0.1) is 0 Å². The molecule has 1 rings (SSSR count). The summed E-state index contributed by atoms with van der Waals surface area (Å²) in [4.78, 5) is 0. The molecule has 0 fully saturated rings. The van der Waals surface area contributed by atoms with Crippen molar-refractivity contribution < 1.29 is 4.74 Å². The summed E-state index contributed by atoms with van der Waals surface area (Å²) in [5.41, 5.74) is 6.77. The van der Waals surface area contributed by atoms with Crippen LogP contribution in [0.15, 0.2) is 18.2 Å². The summed E-state index contributed by atoms with van der Waals surface area (Å²) in [5.74, 6) is 0. The van der Waals surface area contributed by atoms with E-state index in [0.29, 0.717) is 23.3 Å². The molecule has 0 saturated carbocycles. The molecule has 0 aromatic heterocycles. The van der Waals surface area contributed by atoms with Crippen molar-refractivity contribution in [3.05, 3.63) is 33.8 Å². The minimum absolute atomic E-state index is 0.220. The van der Waals surface area contributed by atoms with Crippen molar-refractivity contribution in [2.75, 3.05) is 13.2 Å². The lowest BCUT2D eigenvalue weighted by atomic mass is 10.1. The van der Waals surface area contributed by atoms with Gasteiger partial charge < -0.3 is 10.5 Å². The fraction of sp³-hybridized carbons (Fsp3) is 0.455. The second-order valence-electron chi connectivity index (χ2n) is 3.35. The normalized spacial score (nSPS) is 12.8. The molecule has 0 amide bonds. The molecule has 2 nitrogen and oxygen atoms in total. The van der Waals surface area contributed by atoms with E-state index in [1.165, 1.54) is 0 Å². The lowest BCUT2D eigenvalue weighted by molar-refractivity contribution is 0.121. The number of rotatable bonds is 5. The molecule has 1 atom stereocenters. The summed E-state index contributed by atoms with van der Waals surface area (Å²) in [7, 11) is 0. The van der Waals surface area contributed by atoms with E-state index >= 15 is 0 Å². The van der Waals surface area contributed by atoms with Gasteiger partial charge in [0.15, 0.2) is 0 Å². The van der Waals surface area contributed by atoms with Crippen LogP contribution in [0.2, 0.25) is 10.0 Å². The Morgan fingerprint density at radius 1 is 1.40 bits per heavy atom. The van der Waals surface area contributed by atoms with E-state index in [0.717, 1.165) is 12.0 Å². The molecule has 0 radical (unpaired) electrons. The van der Waals surface area contributed by atoms with Gasteiger partial charge in [0.05, 0.1) is 12.6 Å². The zero-order valence-corrected chi connectivity index (χ0v) is 10.2. The summed E-state index contributed by atoms with van der Waals surface area (Å²) >= 11 is 11.9. The standard InChI is InChI=1S/C11H15Cl2NO/c1-2-5-15-7-11(14)9-6-8(12)3-4-10(9)13/h3-4,6,11H,2,5,7,14H2,1H3. The van der Waals surface area contributed by atoms with Crippen molar-refractivity contribution in [1.82, 2.24) is 0 Å². The molecule has 15 heavy (non-hydrogen) atoms. The summed E-state index contributed by atoms with van der Waals surface area (Å²) < 4.78 is 5.37. The molecular weight excluding hydrogens is 233 g/mol. The third-order valence-electron chi connectivity index (χ3n) is 2.00. The maximum Gasteiger partial charge on any atom is 0.0659 e. The Bertz CT molecular complexity index is 317. The van der Waals surface area contributed by atoms with E-state index in [1.807, 2.05) is 0 Å². The minimum atomic E-state index is -0.220. The highest BCUT2D eigenvalue weighted by Gasteiger charge is 2.10. The molecule has 2 N–H and O–H groups in total. The van der Waals surface area contributed by atoms with E-state index in [1.54, 1.807) is 18.2 Å². The van der Waals surface area contributed by atoms with Crippen LogP contribution in [0.3, 0.4) is 0 Å². The van der Waals surface area contributed by atoms with E-state index in [2.05, 4.69) is 6.92 Å². The van der Waals surface area contributed by atoms with Gasteiger partial charge in [-0.3, -0.25) is 0 Å². The molecule has 0 bridgehead atoms. The first-order valence-electron chi connectivity index (χ1n) is 4.93. The average molecular weight is 248 g/mol. The van der Waals surface area contributed by atoms with Gasteiger partial charge in [0.2, 0.25) is 0 Å². The summed E-state index contributed by atoms with van der Waals surface area (Å²) in [6.45, 7) is 3.23. The largest absolute Gasteiger partial charge is 0.379 e. The first kappa shape index (κ1) is 12.8. The van der Waals surface area contributed by atoms with Crippen LogP contribution < -0.4 is 5.73 Å². The number of benzene rings is 1. The van der Waals surface area contributed by atoms with Gasteiger partial charge in [0.25, 0.3) is 0 Å². The summed E-state index contributed by atoms with van der Waals surface area (Å²) in [5, 5.41) is 1.27. The smallest absolute Gasteiger partial charge is 0.0659 e. The Balaban J connectivity index is 2.64. The Morgan fingerprint density at radius 2 is 2.13 bits per heavy atom. The van der Waals surface area contributed by atoms with Gasteiger partial charge in [-0.05, 0) is 30.2 Å². The van der Waals surface area contributed by atoms with Gasteiger partial charge in [-0.25, -0.2) is 0 Å². The monoisotopic (exact) mass is 247 g/mol. The number of hydrogen-bond acceptors (Lipinski definition) is 2. The highest BCUT2D eigenvalue weighted by Crippen LogP contribution is 2.25. The molecule has 0 spiro atoms. The Labute approximate surface area is 100 Å². The van der Waals surface area contributed by atoms with E-state index in [4.69, 9.17) is 33.7 Å². The predicted octanol–water partition coefficient (Wildman–Crippen LogP) is 3.42. The summed E-state index contributed by atoms with van der Waals surface area (Å²) in [6.07, 6.45) is 0.982. The predicted molar refractivity (Wildman–Crippen MR) is 64.5 cm³/mol. The topological polar surface area (TPSA) is 35.2 Å². The van der Waals surface area contributed by atoms with E-state index < -0.39 is 0 Å². The quantitative estimate of drug-likeness (QED) is 0.810. The van der Waals surface area contributed by atoms with Crippen molar-refractivity contribution in [3.63, 3.8) is 0 Å². The SMILES string of the molecule is CCCOCC(N)c1cc(Cl)ccc1Cl. The van der Waals surface area contributed by atoms with Gasteiger partial charge in [-0.1, -0.05) is 30.1 Å². The fourth-order valence-corrected chi connectivity index (χ4v) is 1.68. The molecule has 1 aromatic carbocycles. The summed E-state index contributed by atoms with van der Waals surface area (Å²) in [6, 6.07) is 5.05. The van der Waals surface area contributed by atoms with Crippen LogP contribution in [0.25, 0.3) is 0 Å². The van der Waals surface area contributed by atoms with Gasteiger partial charge in [0, 0.05) is 16.7 Å². The maximum atomic E-state index is 6.01. The molecule has 1 unspecified atom stereocenters. The first-order valence-corrected chi connectivity index (χ1v) is 5.69. The molecule has 1 aromatic rings. The number of nitrogens with two attached hydrogens (primary N) is 1. The molecule has 0 saturated heterocycles. The minimum Gasteiger partial charge on any atom is -0.379 e. The van der Waals surface area contributed by atoms with Crippen molar-refractivity contribution in [2.24, 2.45) is 5.73 Å². The fourth-order valence-electron chi connectivity index (χ4n) is 1.24. The third kappa shape index (κ3) is 3.99. The second-order valence-corrected chi connectivity index (χ2v) is 4.19. The van der Waals surface area contributed by atoms with Crippen molar-refractivity contribution in [3.8, 4) is 0 Å². The van der Waals surface area contributed by atoms with Gasteiger partial charge in [-0.15, -0.1) is 0 Å². The Kier molecular flexibility index (Phi) is 5.40. The third-order valence-corrected chi connectivity index (χ3v) is 2.58. The molecule has 84 valence electrons. The number of ether oxygens (including phenoxy) is 1. The molecule has 0 aliphatic heterocycles.